The van der Waals surface area contributed by atoms with Crippen molar-refractivity contribution in [3.05, 3.63) is 23.8 Å². The lowest BCUT2D eigenvalue weighted by Gasteiger charge is -2.51. The fourth-order valence-electron chi connectivity index (χ4n) is 4.54. The van der Waals surface area contributed by atoms with Crippen LogP contribution in [0.4, 0.5) is 0 Å². The van der Waals surface area contributed by atoms with Crippen molar-refractivity contribution in [3.8, 4) is 11.5 Å². The first kappa shape index (κ1) is 24.7. The van der Waals surface area contributed by atoms with Crippen LogP contribution in [-0.2, 0) is 35.0 Å². The summed E-state index contributed by atoms with van der Waals surface area (Å²) < 4.78 is 36.1. The molecule has 2 fully saturated rings. The van der Waals surface area contributed by atoms with Gasteiger partial charge in [0.15, 0.2) is 11.9 Å². The second-order valence-electron chi connectivity index (χ2n) is 10.1. The summed E-state index contributed by atoms with van der Waals surface area (Å²) in [6, 6.07) is 4.70. The van der Waals surface area contributed by atoms with Crippen LogP contribution in [0.15, 0.2) is 18.2 Å². The predicted octanol–water partition coefficient (Wildman–Crippen LogP) is 2.02. The van der Waals surface area contributed by atoms with Gasteiger partial charge in [-0.25, -0.2) is 4.79 Å². The summed E-state index contributed by atoms with van der Waals surface area (Å²) in [6.07, 6.45) is -3.51. The molecule has 34 heavy (non-hydrogen) atoms. The number of ether oxygens (including phenoxy) is 6. The summed E-state index contributed by atoms with van der Waals surface area (Å²) in [6.45, 7) is 10.5. The molecule has 0 aliphatic carbocycles. The third kappa shape index (κ3) is 5.30. The first-order valence-electron chi connectivity index (χ1n) is 11.4. The Morgan fingerprint density at radius 2 is 1.97 bits per heavy atom. The monoisotopic (exact) mass is 479 g/mol. The maximum Gasteiger partial charge on any atom is 0.332 e. The molecule has 10 nitrogen and oxygen atoms in total. The van der Waals surface area contributed by atoms with E-state index in [0.717, 1.165) is 17.7 Å². The largest absolute Gasteiger partial charge is 0.487 e. The van der Waals surface area contributed by atoms with Gasteiger partial charge in [-0.1, -0.05) is 6.07 Å². The Labute approximate surface area is 198 Å². The first-order valence-corrected chi connectivity index (χ1v) is 11.4. The van der Waals surface area contributed by atoms with Crippen LogP contribution >= 0.6 is 0 Å². The molecule has 1 aromatic carbocycles. The van der Waals surface area contributed by atoms with E-state index in [-0.39, 0.29) is 18.1 Å². The van der Waals surface area contributed by atoms with Crippen molar-refractivity contribution in [2.75, 3.05) is 6.61 Å². The number of carboxylic acids is 1. The summed E-state index contributed by atoms with van der Waals surface area (Å²) in [5.74, 6) is -1.20. The van der Waals surface area contributed by atoms with Gasteiger partial charge < -0.3 is 38.8 Å². The molecular formula is C24H33NO9. The van der Waals surface area contributed by atoms with Gasteiger partial charge in [0.2, 0.25) is 12.2 Å². The molecule has 2 saturated heterocycles. The zero-order valence-corrected chi connectivity index (χ0v) is 20.3. The maximum absolute atomic E-state index is 12.1. The number of aliphatic carboxylic acids is 1. The molecule has 0 saturated carbocycles. The van der Waals surface area contributed by atoms with E-state index in [0.29, 0.717) is 5.75 Å². The highest BCUT2D eigenvalue weighted by Crippen LogP contribution is 2.39. The molecule has 6 unspecified atom stereocenters. The molecule has 3 aliphatic heterocycles. The molecule has 4 rings (SSSR count). The Kier molecular flexibility index (Phi) is 6.54. The quantitative estimate of drug-likeness (QED) is 0.631. The highest BCUT2D eigenvalue weighted by molar-refractivity contribution is 5.73. The second kappa shape index (κ2) is 8.99. The van der Waals surface area contributed by atoms with E-state index in [9.17, 15) is 14.7 Å². The van der Waals surface area contributed by atoms with Crippen LogP contribution in [-0.4, -0.2) is 71.7 Å². The van der Waals surface area contributed by atoms with Crippen LogP contribution in [0.25, 0.3) is 0 Å². The van der Waals surface area contributed by atoms with Crippen molar-refractivity contribution in [1.29, 1.82) is 0 Å². The molecule has 0 spiro atoms. The summed E-state index contributed by atoms with van der Waals surface area (Å²) in [5, 5.41) is 12.3. The summed E-state index contributed by atoms with van der Waals surface area (Å²) in [4.78, 5) is 23.7. The zero-order valence-electron chi connectivity index (χ0n) is 20.3. The third-order valence-electron chi connectivity index (χ3n) is 6.03. The summed E-state index contributed by atoms with van der Waals surface area (Å²) in [7, 11) is 0. The number of carboxylic acid groups (broad SMARTS) is 1. The van der Waals surface area contributed by atoms with E-state index in [1.807, 2.05) is 26.0 Å². The molecule has 6 atom stereocenters. The summed E-state index contributed by atoms with van der Waals surface area (Å²) >= 11 is 0. The molecule has 0 bridgehead atoms. The first-order chi connectivity index (χ1) is 15.8. The number of benzene rings is 1. The average Bonchev–Trinajstić information content (AvgIpc) is 3.03. The van der Waals surface area contributed by atoms with Gasteiger partial charge in [0.05, 0.1) is 6.61 Å². The average molecular weight is 480 g/mol. The van der Waals surface area contributed by atoms with Crippen LogP contribution in [0.2, 0.25) is 0 Å². The van der Waals surface area contributed by atoms with Gasteiger partial charge in [-0.15, -0.1) is 0 Å². The van der Waals surface area contributed by atoms with Gasteiger partial charge in [-0.2, -0.15) is 0 Å². The number of carbonyl (C=O) groups excluding carboxylic acids is 1. The second-order valence-corrected chi connectivity index (χ2v) is 10.1. The fourth-order valence-corrected chi connectivity index (χ4v) is 4.54. The molecule has 0 aromatic heterocycles. The van der Waals surface area contributed by atoms with Crippen molar-refractivity contribution < 1.29 is 43.1 Å². The van der Waals surface area contributed by atoms with E-state index >= 15 is 0 Å². The van der Waals surface area contributed by atoms with Crippen LogP contribution in [0.1, 0.15) is 47.1 Å². The number of carbonyl (C=O) groups is 2. The van der Waals surface area contributed by atoms with E-state index in [4.69, 9.17) is 28.4 Å². The number of fused-ring (bicyclic) bond motifs is 2. The standard InChI is InChI=1S/C24H33NO9/c1-12(21(27)28)30-20-18(25-13(2)26)22(32-17-11-29-24(5,6)34-19(17)20)31-15-8-7-14-10-23(3,4)33-16(14)9-15/h7-9,12,17-20,22H,10-11H2,1-6H3,(H,25,26)(H,27,28). The maximum atomic E-state index is 12.1. The van der Waals surface area contributed by atoms with Crippen LogP contribution < -0.4 is 14.8 Å². The van der Waals surface area contributed by atoms with Crippen LogP contribution in [0.3, 0.4) is 0 Å². The lowest BCUT2D eigenvalue weighted by molar-refractivity contribution is -0.366. The molecule has 10 heteroatoms. The lowest BCUT2D eigenvalue weighted by Crippen LogP contribution is -2.70. The van der Waals surface area contributed by atoms with Gasteiger partial charge >= 0.3 is 5.97 Å². The van der Waals surface area contributed by atoms with E-state index in [2.05, 4.69) is 5.32 Å². The number of amides is 1. The Hall–Kier alpha value is -2.40. The van der Waals surface area contributed by atoms with Crippen LogP contribution in [0.5, 0.6) is 11.5 Å². The minimum absolute atomic E-state index is 0.188. The van der Waals surface area contributed by atoms with E-state index in [1.165, 1.54) is 13.8 Å². The number of hydrogen-bond donors (Lipinski definition) is 2. The van der Waals surface area contributed by atoms with Crippen LogP contribution in [0, 0.1) is 0 Å². The third-order valence-corrected chi connectivity index (χ3v) is 6.03. The van der Waals surface area contributed by atoms with Gasteiger partial charge in [0.25, 0.3) is 0 Å². The number of nitrogens with one attached hydrogen (secondary N) is 1. The van der Waals surface area contributed by atoms with Crippen molar-refractivity contribution in [2.24, 2.45) is 0 Å². The minimum atomic E-state index is -1.15. The normalized spacial score (nSPS) is 32.0. The molecule has 1 amide bonds. The van der Waals surface area contributed by atoms with Crippen molar-refractivity contribution in [1.82, 2.24) is 5.32 Å². The van der Waals surface area contributed by atoms with Gasteiger partial charge in [0.1, 0.15) is 41.5 Å². The summed E-state index contributed by atoms with van der Waals surface area (Å²) in [5.41, 5.74) is 0.775. The smallest absolute Gasteiger partial charge is 0.332 e. The SMILES string of the molecule is CC(=O)NC1C(Oc2ccc3c(c2)OC(C)(C)C3)OC2COC(C)(C)OC2C1OC(C)C(=O)O. The molecule has 3 aliphatic rings. The highest BCUT2D eigenvalue weighted by atomic mass is 16.8. The highest BCUT2D eigenvalue weighted by Gasteiger charge is 2.54. The molecule has 188 valence electrons. The molecular weight excluding hydrogens is 446 g/mol. The van der Waals surface area contributed by atoms with Gasteiger partial charge in [-0.05, 0) is 46.2 Å². The molecule has 2 N–H and O–H groups in total. The minimum Gasteiger partial charge on any atom is -0.487 e. The van der Waals surface area contributed by atoms with Gasteiger partial charge in [0, 0.05) is 19.4 Å². The molecule has 1 aromatic rings. The lowest BCUT2D eigenvalue weighted by atomic mass is 9.94. The van der Waals surface area contributed by atoms with Crippen molar-refractivity contribution >= 4 is 11.9 Å². The van der Waals surface area contributed by atoms with Gasteiger partial charge in [-0.3, -0.25) is 4.79 Å². The molecule has 0 radical (unpaired) electrons. The van der Waals surface area contributed by atoms with E-state index in [1.54, 1.807) is 19.9 Å². The fraction of sp³-hybridized carbons (Fsp3) is 0.667. The predicted molar refractivity (Wildman–Crippen MR) is 119 cm³/mol. The van der Waals surface area contributed by atoms with Crippen molar-refractivity contribution in [3.63, 3.8) is 0 Å². The Balaban J connectivity index is 1.63. The number of hydrogen-bond acceptors (Lipinski definition) is 8. The Bertz CT molecular complexity index is 946. The molecule has 3 heterocycles. The zero-order chi connectivity index (χ0) is 24.8. The Morgan fingerprint density at radius 3 is 2.65 bits per heavy atom. The number of rotatable bonds is 6. The van der Waals surface area contributed by atoms with Crippen molar-refractivity contribution in [2.45, 2.75) is 96.1 Å². The topological polar surface area (TPSA) is 122 Å². The van der Waals surface area contributed by atoms with E-state index < -0.39 is 48.5 Å². The Morgan fingerprint density at radius 1 is 1.24 bits per heavy atom.